The van der Waals surface area contributed by atoms with Gasteiger partial charge in [-0.25, -0.2) is 0 Å². The van der Waals surface area contributed by atoms with Crippen molar-refractivity contribution < 1.29 is 9.59 Å². The first kappa shape index (κ1) is 17.0. The van der Waals surface area contributed by atoms with Gasteiger partial charge < -0.3 is 10.2 Å². The molecule has 1 rings (SSSR count). The van der Waals surface area contributed by atoms with Crippen LogP contribution in [0.5, 0.6) is 0 Å². The lowest BCUT2D eigenvalue weighted by molar-refractivity contribution is -0.131. The number of unbranched alkanes of at least 4 members (excludes halogenated alkanes) is 2. The fourth-order valence-corrected chi connectivity index (χ4v) is 2.33. The molecular weight excluding hydrogens is 254 g/mol. The Bertz CT molecular complexity index is 301. The molecular formula is C15H29N3O2. The fraction of sp³-hybridized carbons (Fsp3) is 0.867. The molecule has 0 bridgehead atoms. The van der Waals surface area contributed by atoms with E-state index in [2.05, 4.69) is 17.6 Å². The summed E-state index contributed by atoms with van der Waals surface area (Å²) < 4.78 is 0. The molecule has 1 atom stereocenters. The molecule has 2 N–H and O–H groups in total. The lowest BCUT2D eigenvalue weighted by Crippen LogP contribution is -2.48. The summed E-state index contributed by atoms with van der Waals surface area (Å²) in [5.74, 6) is 0.0860. The van der Waals surface area contributed by atoms with Gasteiger partial charge in [-0.2, -0.15) is 0 Å². The average molecular weight is 283 g/mol. The molecule has 20 heavy (non-hydrogen) atoms. The molecule has 1 saturated heterocycles. The monoisotopic (exact) mass is 283 g/mol. The van der Waals surface area contributed by atoms with Crippen molar-refractivity contribution in [3.63, 3.8) is 0 Å². The van der Waals surface area contributed by atoms with Gasteiger partial charge in [-0.3, -0.25) is 14.9 Å². The van der Waals surface area contributed by atoms with Crippen molar-refractivity contribution in [3.05, 3.63) is 0 Å². The lowest BCUT2D eigenvalue weighted by atomic mass is 10.1. The van der Waals surface area contributed by atoms with Crippen LogP contribution >= 0.6 is 0 Å². The van der Waals surface area contributed by atoms with Crippen molar-refractivity contribution in [1.29, 1.82) is 0 Å². The maximum Gasteiger partial charge on any atom is 0.236 e. The van der Waals surface area contributed by atoms with Crippen LogP contribution in [-0.2, 0) is 9.59 Å². The molecule has 0 aliphatic carbocycles. The topological polar surface area (TPSA) is 61.4 Å². The van der Waals surface area contributed by atoms with E-state index in [-0.39, 0.29) is 24.4 Å². The number of piperidine rings is 1. The smallest absolute Gasteiger partial charge is 0.236 e. The number of amides is 2. The van der Waals surface area contributed by atoms with Gasteiger partial charge in [-0.1, -0.05) is 19.8 Å². The molecule has 116 valence electrons. The third-order valence-corrected chi connectivity index (χ3v) is 3.74. The molecule has 1 heterocycles. The Kier molecular flexibility index (Phi) is 8.26. The molecule has 2 amide bonds. The standard InChI is InChI=1S/C15H29N3O2/c1-3-4-6-9-16-15(20)13(2)17-12-14(19)18-10-7-5-8-11-18/h13,17H,3-12H2,1-2H3,(H,16,20). The van der Waals surface area contributed by atoms with E-state index >= 15 is 0 Å². The van der Waals surface area contributed by atoms with E-state index in [1.54, 1.807) is 6.92 Å². The van der Waals surface area contributed by atoms with E-state index in [0.29, 0.717) is 0 Å². The van der Waals surface area contributed by atoms with Gasteiger partial charge in [-0.05, 0) is 32.6 Å². The highest BCUT2D eigenvalue weighted by Gasteiger charge is 2.18. The zero-order valence-corrected chi connectivity index (χ0v) is 12.9. The van der Waals surface area contributed by atoms with Crippen molar-refractivity contribution in [2.45, 2.75) is 58.4 Å². The molecule has 1 unspecified atom stereocenters. The fourth-order valence-electron chi connectivity index (χ4n) is 2.33. The summed E-state index contributed by atoms with van der Waals surface area (Å²) in [6, 6.07) is -0.314. The number of carbonyl (C=O) groups excluding carboxylic acids is 2. The zero-order valence-electron chi connectivity index (χ0n) is 12.9. The number of rotatable bonds is 8. The van der Waals surface area contributed by atoms with E-state index in [1.165, 1.54) is 6.42 Å². The van der Waals surface area contributed by atoms with Gasteiger partial charge in [-0.15, -0.1) is 0 Å². The molecule has 5 nitrogen and oxygen atoms in total. The van der Waals surface area contributed by atoms with Gasteiger partial charge in [0.1, 0.15) is 0 Å². The van der Waals surface area contributed by atoms with E-state index in [9.17, 15) is 9.59 Å². The summed E-state index contributed by atoms with van der Waals surface area (Å²) in [6.45, 7) is 6.63. The SMILES string of the molecule is CCCCCNC(=O)C(C)NCC(=O)N1CCCCC1. The van der Waals surface area contributed by atoms with Gasteiger partial charge in [0, 0.05) is 19.6 Å². The number of hydrogen-bond donors (Lipinski definition) is 2. The summed E-state index contributed by atoms with van der Waals surface area (Å²) in [5.41, 5.74) is 0. The van der Waals surface area contributed by atoms with Gasteiger partial charge in [0.2, 0.25) is 11.8 Å². The highest BCUT2D eigenvalue weighted by Crippen LogP contribution is 2.08. The highest BCUT2D eigenvalue weighted by atomic mass is 16.2. The van der Waals surface area contributed by atoms with Crippen LogP contribution in [0.3, 0.4) is 0 Å². The number of nitrogens with one attached hydrogen (secondary N) is 2. The molecule has 1 aliphatic rings. The molecule has 0 aromatic carbocycles. The van der Waals surface area contributed by atoms with E-state index in [1.807, 2.05) is 4.90 Å². The second-order valence-corrected chi connectivity index (χ2v) is 5.54. The van der Waals surface area contributed by atoms with Crippen molar-refractivity contribution in [2.75, 3.05) is 26.2 Å². The van der Waals surface area contributed by atoms with Crippen LogP contribution in [-0.4, -0.2) is 48.9 Å². The van der Waals surface area contributed by atoms with Crippen molar-refractivity contribution in [2.24, 2.45) is 0 Å². The Balaban J connectivity index is 2.15. The Morgan fingerprint density at radius 2 is 1.85 bits per heavy atom. The third-order valence-electron chi connectivity index (χ3n) is 3.74. The Morgan fingerprint density at radius 3 is 2.50 bits per heavy atom. The van der Waals surface area contributed by atoms with Crippen LogP contribution in [0.2, 0.25) is 0 Å². The second-order valence-electron chi connectivity index (χ2n) is 5.54. The summed E-state index contributed by atoms with van der Waals surface area (Å²) in [4.78, 5) is 25.6. The molecule has 0 aromatic heterocycles. The van der Waals surface area contributed by atoms with Crippen LogP contribution in [0.4, 0.5) is 0 Å². The summed E-state index contributed by atoms with van der Waals surface area (Å²) >= 11 is 0. The van der Waals surface area contributed by atoms with E-state index in [4.69, 9.17) is 0 Å². The number of carbonyl (C=O) groups is 2. The maximum atomic E-state index is 12.0. The number of hydrogen-bond acceptors (Lipinski definition) is 3. The van der Waals surface area contributed by atoms with Gasteiger partial charge in [0.25, 0.3) is 0 Å². The van der Waals surface area contributed by atoms with E-state index in [0.717, 1.165) is 51.7 Å². The highest BCUT2D eigenvalue weighted by molar-refractivity contribution is 5.83. The molecule has 0 saturated carbocycles. The van der Waals surface area contributed by atoms with Crippen molar-refractivity contribution >= 4 is 11.8 Å². The van der Waals surface area contributed by atoms with Gasteiger partial charge >= 0.3 is 0 Å². The summed E-state index contributed by atoms with van der Waals surface area (Å²) in [6.07, 6.45) is 6.71. The van der Waals surface area contributed by atoms with Crippen LogP contribution in [0.1, 0.15) is 52.4 Å². The van der Waals surface area contributed by atoms with Crippen LogP contribution < -0.4 is 10.6 Å². The minimum absolute atomic E-state index is 0.0208. The molecule has 0 aromatic rings. The van der Waals surface area contributed by atoms with Crippen LogP contribution in [0.15, 0.2) is 0 Å². The molecule has 5 heteroatoms. The Labute approximate surface area is 122 Å². The predicted octanol–water partition coefficient (Wildman–Crippen LogP) is 1.28. The maximum absolute atomic E-state index is 12.0. The minimum atomic E-state index is -0.314. The lowest BCUT2D eigenvalue weighted by Gasteiger charge is -2.27. The predicted molar refractivity (Wildman–Crippen MR) is 80.4 cm³/mol. The van der Waals surface area contributed by atoms with Gasteiger partial charge in [0.05, 0.1) is 12.6 Å². The van der Waals surface area contributed by atoms with Crippen molar-refractivity contribution in [1.82, 2.24) is 15.5 Å². The Hall–Kier alpha value is -1.10. The largest absolute Gasteiger partial charge is 0.355 e. The summed E-state index contributed by atoms with van der Waals surface area (Å²) in [7, 11) is 0. The number of nitrogens with zero attached hydrogens (tertiary/aromatic N) is 1. The minimum Gasteiger partial charge on any atom is -0.355 e. The molecule has 1 aliphatic heterocycles. The Morgan fingerprint density at radius 1 is 1.15 bits per heavy atom. The third kappa shape index (κ3) is 6.37. The van der Waals surface area contributed by atoms with Crippen LogP contribution in [0.25, 0.3) is 0 Å². The zero-order chi connectivity index (χ0) is 14.8. The first-order valence-corrected chi connectivity index (χ1v) is 7.94. The van der Waals surface area contributed by atoms with Crippen LogP contribution in [0, 0.1) is 0 Å². The van der Waals surface area contributed by atoms with E-state index < -0.39 is 0 Å². The molecule has 0 radical (unpaired) electrons. The first-order valence-electron chi connectivity index (χ1n) is 7.94. The molecule has 1 fully saturated rings. The average Bonchev–Trinajstić information content (AvgIpc) is 2.49. The van der Waals surface area contributed by atoms with Gasteiger partial charge in [0.15, 0.2) is 0 Å². The normalized spacial score (nSPS) is 16.8. The molecule has 0 spiro atoms. The summed E-state index contributed by atoms with van der Waals surface area (Å²) in [5, 5.41) is 5.91. The van der Waals surface area contributed by atoms with Crippen molar-refractivity contribution in [3.8, 4) is 0 Å². The second kappa shape index (κ2) is 9.75. The quantitative estimate of drug-likeness (QED) is 0.660. The number of likely N-dealkylation sites (tertiary alicyclic amines) is 1. The first-order chi connectivity index (χ1) is 9.65.